The summed E-state index contributed by atoms with van der Waals surface area (Å²) < 4.78 is 10.3. The predicted molar refractivity (Wildman–Crippen MR) is 95.7 cm³/mol. The molecule has 1 aromatic rings. The number of unbranched alkanes of at least 4 members (excludes halogenated alkanes) is 4. The lowest BCUT2D eigenvalue weighted by Crippen LogP contribution is -2.09. The highest BCUT2D eigenvalue weighted by atomic mass is 35.5. The molecule has 0 fully saturated rings. The molecule has 0 N–H and O–H groups in total. The maximum atomic E-state index is 11.8. The molecule has 0 aliphatic heterocycles. The summed E-state index contributed by atoms with van der Waals surface area (Å²) in [5.74, 6) is -0.356. The molecule has 134 valence electrons. The molecule has 24 heavy (non-hydrogen) atoms. The van der Waals surface area contributed by atoms with Crippen molar-refractivity contribution in [2.45, 2.75) is 58.3 Å². The third-order valence-electron chi connectivity index (χ3n) is 3.41. The van der Waals surface area contributed by atoms with Crippen LogP contribution in [0.5, 0.6) is 5.75 Å². The summed E-state index contributed by atoms with van der Waals surface area (Å²) in [5.41, 5.74) is 0. The summed E-state index contributed by atoms with van der Waals surface area (Å²) >= 11 is 11.9. The van der Waals surface area contributed by atoms with Crippen LogP contribution in [0.3, 0.4) is 0 Å². The van der Waals surface area contributed by atoms with Crippen LogP contribution in [0, 0.1) is 0 Å². The summed E-state index contributed by atoms with van der Waals surface area (Å²) in [7, 11) is 0. The lowest BCUT2D eigenvalue weighted by atomic mass is 10.1. The van der Waals surface area contributed by atoms with Gasteiger partial charge in [-0.2, -0.15) is 0 Å². The fourth-order valence-corrected chi connectivity index (χ4v) is 2.55. The summed E-state index contributed by atoms with van der Waals surface area (Å²) in [5, 5.41) is 0.614. The summed E-state index contributed by atoms with van der Waals surface area (Å²) in [6.07, 6.45) is 5.84. The van der Waals surface area contributed by atoms with E-state index in [1.54, 1.807) is 18.2 Å². The minimum Gasteiger partial charge on any atom is -0.466 e. The molecular formula is C18H24Cl2O4. The first kappa shape index (κ1) is 20.8. The molecule has 0 atom stereocenters. The van der Waals surface area contributed by atoms with Crippen molar-refractivity contribution in [3.05, 3.63) is 28.2 Å². The monoisotopic (exact) mass is 374 g/mol. The minimum absolute atomic E-state index is 0.170. The number of carbonyl (C=O) groups excluding carboxylic acids is 2. The van der Waals surface area contributed by atoms with Gasteiger partial charge in [0.05, 0.1) is 16.7 Å². The molecule has 0 amide bonds. The van der Waals surface area contributed by atoms with Gasteiger partial charge in [0, 0.05) is 12.8 Å². The van der Waals surface area contributed by atoms with Crippen molar-refractivity contribution < 1.29 is 19.1 Å². The Balaban J connectivity index is 2.12. The molecule has 0 spiro atoms. The average Bonchev–Trinajstić information content (AvgIpc) is 2.55. The highest BCUT2D eigenvalue weighted by Crippen LogP contribution is 2.32. The van der Waals surface area contributed by atoms with E-state index in [-0.39, 0.29) is 24.1 Å². The summed E-state index contributed by atoms with van der Waals surface area (Å²) in [6.45, 7) is 2.60. The number of halogens is 2. The molecule has 0 saturated heterocycles. The molecular weight excluding hydrogens is 351 g/mol. The zero-order valence-corrected chi connectivity index (χ0v) is 15.5. The topological polar surface area (TPSA) is 52.6 Å². The standard InChI is InChI=1S/C18H24Cl2O4/c1-2-3-7-13-23-16(21)11-5-4-6-12-17(22)24-18-14(19)9-8-10-15(18)20/h8-10H,2-7,11-13H2,1H3. The first-order valence-electron chi connectivity index (χ1n) is 8.35. The summed E-state index contributed by atoms with van der Waals surface area (Å²) in [6, 6.07) is 4.91. The molecule has 0 radical (unpaired) electrons. The van der Waals surface area contributed by atoms with E-state index in [0.29, 0.717) is 35.9 Å². The van der Waals surface area contributed by atoms with Gasteiger partial charge in [-0.1, -0.05) is 55.5 Å². The Morgan fingerprint density at radius 2 is 1.54 bits per heavy atom. The Hall–Kier alpha value is -1.26. The molecule has 4 nitrogen and oxygen atoms in total. The van der Waals surface area contributed by atoms with E-state index in [2.05, 4.69) is 6.92 Å². The van der Waals surface area contributed by atoms with Crippen molar-refractivity contribution in [1.82, 2.24) is 0 Å². The van der Waals surface area contributed by atoms with Gasteiger partial charge in [-0.25, -0.2) is 0 Å². The van der Waals surface area contributed by atoms with Gasteiger partial charge in [0.2, 0.25) is 0 Å². The van der Waals surface area contributed by atoms with Gasteiger partial charge in [-0.15, -0.1) is 0 Å². The number of hydrogen-bond donors (Lipinski definition) is 0. The third kappa shape index (κ3) is 8.55. The molecule has 0 unspecified atom stereocenters. The molecule has 0 bridgehead atoms. The van der Waals surface area contributed by atoms with Crippen molar-refractivity contribution in [3.63, 3.8) is 0 Å². The molecule has 0 aliphatic rings. The normalized spacial score (nSPS) is 10.5. The van der Waals surface area contributed by atoms with Gasteiger partial charge in [0.25, 0.3) is 0 Å². The SMILES string of the molecule is CCCCCOC(=O)CCCCCC(=O)Oc1c(Cl)cccc1Cl. The maximum Gasteiger partial charge on any atom is 0.311 e. The van der Waals surface area contributed by atoms with Gasteiger partial charge in [-0.3, -0.25) is 9.59 Å². The lowest BCUT2D eigenvalue weighted by Gasteiger charge is -2.08. The van der Waals surface area contributed by atoms with Crippen LogP contribution in [-0.4, -0.2) is 18.5 Å². The van der Waals surface area contributed by atoms with Crippen LogP contribution in [0.2, 0.25) is 10.0 Å². The average molecular weight is 375 g/mol. The second-order valence-electron chi connectivity index (χ2n) is 5.51. The van der Waals surface area contributed by atoms with E-state index in [4.69, 9.17) is 32.7 Å². The quantitative estimate of drug-likeness (QED) is 0.288. The maximum absolute atomic E-state index is 11.8. The third-order valence-corrected chi connectivity index (χ3v) is 4.00. The van der Waals surface area contributed by atoms with Crippen LogP contribution in [-0.2, 0) is 14.3 Å². The van der Waals surface area contributed by atoms with Gasteiger partial charge >= 0.3 is 11.9 Å². The van der Waals surface area contributed by atoms with Crippen LogP contribution in [0.4, 0.5) is 0 Å². The van der Waals surface area contributed by atoms with Crippen molar-refractivity contribution in [2.75, 3.05) is 6.61 Å². The van der Waals surface area contributed by atoms with Crippen LogP contribution in [0.1, 0.15) is 58.3 Å². The minimum atomic E-state index is -0.382. The van der Waals surface area contributed by atoms with E-state index < -0.39 is 0 Å². The highest BCUT2D eigenvalue weighted by Gasteiger charge is 2.12. The summed E-state index contributed by atoms with van der Waals surface area (Å²) in [4.78, 5) is 23.3. The Labute approximate surface area is 153 Å². The Kier molecular flexibility index (Phi) is 10.5. The lowest BCUT2D eigenvalue weighted by molar-refractivity contribution is -0.143. The van der Waals surface area contributed by atoms with Gasteiger partial charge in [0.1, 0.15) is 0 Å². The molecule has 1 aromatic carbocycles. The number of para-hydroxylation sites is 1. The van der Waals surface area contributed by atoms with E-state index in [1.165, 1.54) is 0 Å². The van der Waals surface area contributed by atoms with Crippen LogP contribution in [0.15, 0.2) is 18.2 Å². The number of carbonyl (C=O) groups is 2. The number of hydrogen-bond acceptors (Lipinski definition) is 4. The predicted octanol–water partition coefficient (Wildman–Crippen LogP) is 5.58. The van der Waals surface area contributed by atoms with E-state index in [9.17, 15) is 9.59 Å². The highest BCUT2D eigenvalue weighted by molar-refractivity contribution is 6.37. The van der Waals surface area contributed by atoms with Gasteiger partial charge in [0.15, 0.2) is 5.75 Å². The molecule has 0 heterocycles. The smallest absolute Gasteiger partial charge is 0.311 e. The van der Waals surface area contributed by atoms with Crippen LogP contribution >= 0.6 is 23.2 Å². The van der Waals surface area contributed by atoms with Gasteiger partial charge < -0.3 is 9.47 Å². The Morgan fingerprint density at radius 3 is 2.17 bits per heavy atom. The largest absolute Gasteiger partial charge is 0.466 e. The Morgan fingerprint density at radius 1 is 0.917 bits per heavy atom. The fourth-order valence-electron chi connectivity index (χ4n) is 2.07. The fraction of sp³-hybridized carbons (Fsp3) is 0.556. The first-order valence-corrected chi connectivity index (χ1v) is 9.10. The molecule has 0 saturated carbocycles. The van der Waals surface area contributed by atoms with Crippen LogP contribution in [0.25, 0.3) is 0 Å². The molecule has 6 heteroatoms. The van der Waals surface area contributed by atoms with Crippen molar-refractivity contribution in [2.24, 2.45) is 0 Å². The van der Waals surface area contributed by atoms with Crippen molar-refractivity contribution in [3.8, 4) is 5.75 Å². The van der Waals surface area contributed by atoms with Gasteiger partial charge in [-0.05, 0) is 31.4 Å². The second kappa shape index (κ2) is 12.2. The Bertz CT molecular complexity index is 512. The number of benzene rings is 1. The van der Waals surface area contributed by atoms with Crippen molar-refractivity contribution in [1.29, 1.82) is 0 Å². The van der Waals surface area contributed by atoms with E-state index >= 15 is 0 Å². The van der Waals surface area contributed by atoms with E-state index in [0.717, 1.165) is 25.7 Å². The molecule has 0 aliphatic carbocycles. The zero-order chi connectivity index (χ0) is 17.8. The number of esters is 2. The molecule has 1 rings (SSSR count). The first-order chi connectivity index (χ1) is 11.5. The second-order valence-corrected chi connectivity index (χ2v) is 6.33. The zero-order valence-electron chi connectivity index (χ0n) is 14.0. The number of ether oxygens (including phenoxy) is 2. The molecule has 0 aromatic heterocycles. The van der Waals surface area contributed by atoms with Crippen molar-refractivity contribution >= 4 is 35.1 Å². The van der Waals surface area contributed by atoms with E-state index in [1.807, 2.05) is 0 Å². The van der Waals surface area contributed by atoms with Crippen LogP contribution < -0.4 is 4.74 Å². The number of rotatable bonds is 11.